The number of piperidine rings is 2. The molecule has 3 N–H and O–H groups in total. The molecule has 0 aliphatic carbocycles. The zero-order valence-corrected chi connectivity index (χ0v) is 24.3. The van der Waals surface area contributed by atoms with Crippen LogP contribution in [0.1, 0.15) is 46.5 Å². The first-order valence-electron chi connectivity index (χ1n) is 13.3. The lowest BCUT2D eigenvalue weighted by atomic mass is 9.97. The predicted molar refractivity (Wildman–Crippen MR) is 156 cm³/mol. The van der Waals surface area contributed by atoms with E-state index < -0.39 is 5.60 Å². The molecule has 212 valence electrons. The van der Waals surface area contributed by atoms with Crippen LogP contribution in [0.2, 0.25) is 10.0 Å². The Balaban J connectivity index is 0.000000230. The lowest BCUT2D eigenvalue weighted by molar-refractivity contribution is -0.121. The molecule has 0 spiro atoms. The highest BCUT2D eigenvalue weighted by Gasteiger charge is 2.31. The minimum Gasteiger partial charge on any atom is -0.444 e. The van der Waals surface area contributed by atoms with Gasteiger partial charge >= 0.3 is 6.09 Å². The molecule has 8 nitrogen and oxygen atoms in total. The molecule has 2 aliphatic rings. The Morgan fingerprint density at radius 2 is 1.36 bits per heavy atom. The van der Waals surface area contributed by atoms with Crippen molar-refractivity contribution in [1.82, 2.24) is 10.2 Å². The van der Waals surface area contributed by atoms with E-state index in [1.54, 1.807) is 41.3 Å². The van der Waals surface area contributed by atoms with E-state index in [-0.39, 0.29) is 29.7 Å². The van der Waals surface area contributed by atoms with E-state index in [0.717, 1.165) is 44.5 Å². The van der Waals surface area contributed by atoms with E-state index in [9.17, 15) is 14.4 Å². The second kappa shape index (κ2) is 14.5. The standard InChI is InChI=1S/C17H23ClN2O3.C12H15ClN2O/c1-17(2,3)23-16(22)20-10-4-5-12(11-20)15(21)19-14-8-6-13(18)7-9-14;13-10-3-5-11(6-4-10)15-12(16)9-2-1-7-14-8-9/h6-9,12H,4-5,10-11H2,1-3H3,(H,19,21);3-6,9,14H,1-2,7-8H2,(H,15,16). The molecule has 0 saturated carbocycles. The number of ether oxygens (including phenoxy) is 1. The van der Waals surface area contributed by atoms with Crippen molar-refractivity contribution >= 4 is 52.5 Å². The minimum atomic E-state index is -0.532. The molecule has 2 atom stereocenters. The van der Waals surface area contributed by atoms with Gasteiger partial charge in [-0.25, -0.2) is 4.79 Å². The van der Waals surface area contributed by atoms with E-state index in [1.165, 1.54) is 0 Å². The van der Waals surface area contributed by atoms with Crippen molar-refractivity contribution in [3.8, 4) is 0 Å². The van der Waals surface area contributed by atoms with Gasteiger partial charge < -0.3 is 25.6 Å². The molecule has 2 aromatic carbocycles. The Hall–Kier alpha value is -2.81. The average molecular weight is 578 g/mol. The van der Waals surface area contributed by atoms with Crippen LogP contribution in [-0.2, 0) is 14.3 Å². The molecule has 2 saturated heterocycles. The van der Waals surface area contributed by atoms with Crippen molar-refractivity contribution in [1.29, 1.82) is 0 Å². The van der Waals surface area contributed by atoms with Gasteiger partial charge in [0.15, 0.2) is 0 Å². The maximum absolute atomic E-state index is 12.4. The summed E-state index contributed by atoms with van der Waals surface area (Å²) >= 11 is 11.6. The summed E-state index contributed by atoms with van der Waals surface area (Å²) in [5.74, 6) is -0.133. The molecule has 2 aliphatic heterocycles. The first-order valence-corrected chi connectivity index (χ1v) is 14.1. The Morgan fingerprint density at radius 1 is 0.846 bits per heavy atom. The van der Waals surface area contributed by atoms with Gasteiger partial charge in [-0.15, -0.1) is 0 Å². The molecule has 2 aromatic rings. The molecular formula is C29H38Cl2N4O4. The zero-order valence-electron chi connectivity index (χ0n) is 22.8. The van der Waals surface area contributed by atoms with Crippen LogP contribution in [0.4, 0.5) is 16.2 Å². The van der Waals surface area contributed by atoms with Gasteiger partial charge in [-0.2, -0.15) is 0 Å². The van der Waals surface area contributed by atoms with Crippen LogP contribution in [0.15, 0.2) is 48.5 Å². The third-order valence-electron chi connectivity index (χ3n) is 6.34. The van der Waals surface area contributed by atoms with Crippen LogP contribution in [0.3, 0.4) is 0 Å². The molecule has 2 heterocycles. The number of hydrogen-bond donors (Lipinski definition) is 3. The highest BCUT2D eigenvalue weighted by molar-refractivity contribution is 6.31. The number of likely N-dealkylation sites (tertiary alicyclic amines) is 1. The molecular weight excluding hydrogens is 539 g/mol. The van der Waals surface area contributed by atoms with Gasteiger partial charge in [0.25, 0.3) is 0 Å². The molecule has 2 unspecified atom stereocenters. The second-order valence-electron chi connectivity index (χ2n) is 10.8. The Labute approximate surface area is 240 Å². The van der Waals surface area contributed by atoms with Crippen LogP contribution >= 0.6 is 23.2 Å². The molecule has 0 bridgehead atoms. The number of benzene rings is 2. The van der Waals surface area contributed by atoms with Crippen LogP contribution in [0, 0.1) is 11.8 Å². The Kier molecular flexibility index (Phi) is 11.5. The fourth-order valence-electron chi connectivity index (χ4n) is 4.31. The SMILES string of the molecule is CC(C)(C)OC(=O)N1CCCC(C(=O)Nc2ccc(Cl)cc2)C1.O=C(Nc1ccc(Cl)cc1)C1CCCNC1. The molecule has 0 radical (unpaired) electrons. The van der Waals surface area contributed by atoms with Gasteiger partial charge in [0.1, 0.15) is 5.60 Å². The van der Waals surface area contributed by atoms with Gasteiger partial charge in [-0.05, 0) is 102 Å². The fraction of sp³-hybridized carbons (Fsp3) is 0.483. The number of nitrogens with one attached hydrogen (secondary N) is 3. The maximum atomic E-state index is 12.4. The van der Waals surface area contributed by atoms with E-state index in [0.29, 0.717) is 28.8 Å². The van der Waals surface area contributed by atoms with Crippen molar-refractivity contribution in [3.05, 3.63) is 58.6 Å². The number of amides is 3. The lowest BCUT2D eigenvalue weighted by Gasteiger charge is -2.33. The van der Waals surface area contributed by atoms with Gasteiger partial charge in [0.2, 0.25) is 11.8 Å². The van der Waals surface area contributed by atoms with E-state index >= 15 is 0 Å². The summed E-state index contributed by atoms with van der Waals surface area (Å²) in [6.45, 7) is 8.30. The maximum Gasteiger partial charge on any atom is 0.410 e. The summed E-state index contributed by atoms with van der Waals surface area (Å²) in [5, 5.41) is 10.3. The normalized spacial score (nSPS) is 19.3. The van der Waals surface area contributed by atoms with Crippen molar-refractivity contribution in [2.24, 2.45) is 11.8 Å². The van der Waals surface area contributed by atoms with Gasteiger partial charge in [0.05, 0.1) is 11.8 Å². The van der Waals surface area contributed by atoms with Gasteiger partial charge in [0, 0.05) is 41.1 Å². The van der Waals surface area contributed by atoms with Gasteiger partial charge in [-0.1, -0.05) is 23.2 Å². The minimum absolute atomic E-state index is 0.0828. The molecule has 4 rings (SSSR count). The number of hydrogen-bond acceptors (Lipinski definition) is 5. The second-order valence-corrected chi connectivity index (χ2v) is 11.7. The topological polar surface area (TPSA) is 99.8 Å². The van der Waals surface area contributed by atoms with Crippen molar-refractivity contribution in [2.45, 2.75) is 52.1 Å². The summed E-state index contributed by atoms with van der Waals surface area (Å²) in [7, 11) is 0. The number of carbonyl (C=O) groups excluding carboxylic acids is 3. The first kappa shape index (κ1) is 30.7. The first-order chi connectivity index (χ1) is 18.5. The number of halogens is 2. The van der Waals surface area contributed by atoms with E-state index in [1.807, 2.05) is 32.9 Å². The third kappa shape index (κ3) is 10.7. The molecule has 2 fully saturated rings. The van der Waals surface area contributed by atoms with E-state index in [2.05, 4.69) is 16.0 Å². The van der Waals surface area contributed by atoms with Crippen LogP contribution in [0.25, 0.3) is 0 Å². The van der Waals surface area contributed by atoms with Crippen LogP contribution in [-0.4, -0.2) is 54.6 Å². The highest BCUT2D eigenvalue weighted by Crippen LogP contribution is 2.22. The summed E-state index contributed by atoms with van der Waals surface area (Å²) in [6.07, 6.45) is 3.23. The van der Waals surface area contributed by atoms with Crippen LogP contribution < -0.4 is 16.0 Å². The number of carbonyl (C=O) groups is 3. The van der Waals surface area contributed by atoms with Gasteiger partial charge in [-0.3, -0.25) is 9.59 Å². The largest absolute Gasteiger partial charge is 0.444 e. The Morgan fingerprint density at radius 3 is 1.85 bits per heavy atom. The molecule has 10 heteroatoms. The third-order valence-corrected chi connectivity index (χ3v) is 6.84. The summed E-state index contributed by atoms with van der Waals surface area (Å²) in [6, 6.07) is 14.2. The Bertz CT molecular complexity index is 1100. The number of rotatable bonds is 4. The van der Waals surface area contributed by atoms with Crippen molar-refractivity contribution in [3.63, 3.8) is 0 Å². The predicted octanol–water partition coefficient (Wildman–Crippen LogP) is 6.20. The number of anilines is 2. The molecule has 3 amide bonds. The molecule has 39 heavy (non-hydrogen) atoms. The van der Waals surface area contributed by atoms with Crippen molar-refractivity contribution < 1.29 is 19.1 Å². The molecule has 0 aromatic heterocycles. The smallest absolute Gasteiger partial charge is 0.410 e. The lowest BCUT2D eigenvalue weighted by Crippen LogP contribution is -2.45. The summed E-state index contributed by atoms with van der Waals surface area (Å²) in [5.41, 5.74) is 0.976. The van der Waals surface area contributed by atoms with Crippen molar-refractivity contribution in [2.75, 3.05) is 36.8 Å². The van der Waals surface area contributed by atoms with E-state index in [4.69, 9.17) is 27.9 Å². The quantitative estimate of drug-likeness (QED) is 0.402. The van der Waals surface area contributed by atoms with Crippen LogP contribution in [0.5, 0.6) is 0 Å². The average Bonchev–Trinajstić information content (AvgIpc) is 2.91. The fourth-order valence-corrected chi connectivity index (χ4v) is 4.57. The zero-order chi connectivity index (χ0) is 28.4. The highest BCUT2D eigenvalue weighted by atomic mass is 35.5. The summed E-state index contributed by atoms with van der Waals surface area (Å²) < 4.78 is 5.38. The monoisotopic (exact) mass is 576 g/mol. The summed E-state index contributed by atoms with van der Waals surface area (Å²) in [4.78, 5) is 38.0. The number of nitrogens with zero attached hydrogens (tertiary/aromatic N) is 1.